The van der Waals surface area contributed by atoms with E-state index in [2.05, 4.69) is 10.8 Å². The molecule has 3 N–H and O–H groups in total. The third kappa shape index (κ3) is 4.22. The molecule has 34 heavy (non-hydrogen) atoms. The van der Waals surface area contributed by atoms with Gasteiger partial charge in [0.05, 0.1) is 22.7 Å². The quantitative estimate of drug-likeness (QED) is 0.345. The monoisotopic (exact) mass is 459 g/mol. The van der Waals surface area contributed by atoms with Gasteiger partial charge in [-0.3, -0.25) is 9.78 Å². The summed E-state index contributed by atoms with van der Waals surface area (Å²) < 4.78 is 2.29. The molecule has 0 amide bonds. The fourth-order valence-corrected chi connectivity index (χ4v) is 5.79. The van der Waals surface area contributed by atoms with Crippen LogP contribution in [0.5, 0.6) is 0 Å². The number of carbonyl (C=O) groups is 1. The fraction of sp³-hybridized carbons (Fsp3) is 0.464. The number of allylic oxidation sites excluding steroid dienone is 5. The Balaban J connectivity index is 1.53. The van der Waals surface area contributed by atoms with E-state index < -0.39 is 11.9 Å². The molecule has 0 aliphatic heterocycles. The zero-order valence-electron chi connectivity index (χ0n) is 20.0. The number of aliphatic hydroxyl groups excluding tert-OH is 1. The molecule has 0 aromatic carbocycles. The number of aliphatic carboxylic acids is 1. The van der Waals surface area contributed by atoms with Crippen LogP contribution in [-0.4, -0.2) is 31.4 Å². The van der Waals surface area contributed by atoms with Crippen molar-refractivity contribution in [3.8, 4) is 0 Å². The number of nitrogens with one attached hydrogen (secondary N) is 1. The highest BCUT2D eigenvalue weighted by Gasteiger charge is 2.44. The molecule has 6 nitrogen and oxygen atoms in total. The van der Waals surface area contributed by atoms with Crippen molar-refractivity contribution >= 4 is 33.9 Å². The van der Waals surface area contributed by atoms with E-state index >= 15 is 0 Å². The molecular formula is C28H33N3O3. The van der Waals surface area contributed by atoms with Gasteiger partial charge in [-0.05, 0) is 81.8 Å². The van der Waals surface area contributed by atoms with Gasteiger partial charge in [-0.15, -0.1) is 0 Å². The van der Waals surface area contributed by atoms with Crippen LogP contribution in [0.2, 0.25) is 0 Å². The predicted molar refractivity (Wildman–Crippen MR) is 135 cm³/mol. The van der Waals surface area contributed by atoms with Crippen LogP contribution in [0.25, 0.3) is 22.2 Å². The van der Waals surface area contributed by atoms with Crippen LogP contribution >= 0.6 is 0 Å². The van der Waals surface area contributed by atoms with Crippen molar-refractivity contribution < 1.29 is 15.0 Å². The Morgan fingerprint density at radius 3 is 2.50 bits per heavy atom. The summed E-state index contributed by atoms with van der Waals surface area (Å²) in [6, 6.07) is 2.04. The number of rotatable bonds is 6. The molecule has 2 saturated carbocycles. The van der Waals surface area contributed by atoms with Gasteiger partial charge in [-0.2, -0.15) is 0 Å². The molecule has 0 radical (unpaired) electrons. The third-order valence-electron chi connectivity index (χ3n) is 8.05. The first-order chi connectivity index (χ1) is 16.3. The second-order valence-electron chi connectivity index (χ2n) is 10.5. The van der Waals surface area contributed by atoms with Crippen molar-refractivity contribution in [2.75, 3.05) is 0 Å². The van der Waals surface area contributed by atoms with Crippen LogP contribution in [0.1, 0.15) is 69.9 Å². The van der Waals surface area contributed by atoms with Gasteiger partial charge < -0.3 is 20.2 Å². The Hall–Kier alpha value is -3.15. The largest absolute Gasteiger partial charge is 0.512 e. The summed E-state index contributed by atoms with van der Waals surface area (Å²) >= 11 is 0. The molecule has 2 aromatic rings. The molecule has 1 atom stereocenters. The zero-order valence-corrected chi connectivity index (χ0v) is 20.0. The number of hydrogen-bond donors (Lipinski definition) is 3. The first-order valence-electron chi connectivity index (χ1n) is 12.3. The van der Waals surface area contributed by atoms with Crippen LogP contribution in [0, 0.1) is 22.7 Å². The van der Waals surface area contributed by atoms with Crippen molar-refractivity contribution in [3.05, 3.63) is 53.6 Å². The lowest BCUT2D eigenvalue weighted by molar-refractivity contribution is -0.139. The second-order valence-corrected chi connectivity index (χ2v) is 10.5. The Kier molecular flexibility index (Phi) is 5.70. The lowest BCUT2D eigenvalue weighted by Crippen LogP contribution is -2.19. The van der Waals surface area contributed by atoms with Crippen molar-refractivity contribution in [1.82, 2.24) is 9.55 Å². The van der Waals surface area contributed by atoms with Gasteiger partial charge >= 0.3 is 5.97 Å². The van der Waals surface area contributed by atoms with Gasteiger partial charge in [0.2, 0.25) is 0 Å². The highest BCUT2D eigenvalue weighted by Crippen LogP contribution is 2.57. The molecule has 2 fully saturated rings. The summed E-state index contributed by atoms with van der Waals surface area (Å²) in [7, 11) is 0. The third-order valence-corrected chi connectivity index (χ3v) is 8.05. The maximum absolute atomic E-state index is 11.4. The number of carboxylic acids is 1. The van der Waals surface area contributed by atoms with Crippen LogP contribution < -0.4 is 0 Å². The average Bonchev–Trinajstić information content (AvgIpc) is 3.47. The fourth-order valence-electron chi connectivity index (χ4n) is 5.79. The Morgan fingerprint density at radius 2 is 1.94 bits per heavy atom. The molecule has 1 spiro atoms. The Labute approximate surface area is 200 Å². The molecule has 2 aromatic heterocycles. The van der Waals surface area contributed by atoms with Gasteiger partial charge in [0.1, 0.15) is 0 Å². The Bertz CT molecular complexity index is 1250. The van der Waals surface area contributed by atoms with Crippen molar-refractivity contribution in [2.45, 2.75) is 65.3 Å². The van der Waals surface area contributed by atoms with Crippen molar-refractivity contribution in [2.24, 2.45) is 17.3 Å². The van der Waals surface area contributed by atoms with Gasteiger partial charge in [0.25, 0.3) is 0 Å². The number of hydrogen-bond acceptors (Lipinski definition) is 4. The van der Waals surface area contributed by atoms with Gasteiger partial charge in [0.15, 0.2) is 0 Å². The summed E-state index contributed by atoms with van der Waals surface area (Å²) in [4.78, 5) is 16.1. The summed E-state index contributed by atoms with van der Waals surface area (Å²) in [6.45, 7) is 4.21. The lowest BCUT2D eigenvalue weighted by atomic mass is 9.80. The minimum Gasteiger partial charge on any atom is -0.512 e. The minimum atomic E-state index is -0.803. The number of carboxylic acid groups (broad SMARTS) is 1. The molecule has 5 rings (SSSR count). The van der Waals surface area contributed by atoms with E-state index in [1.165, 1.54) is 38.5 Å². The standard InChI is InChI=1S/C28H33N3O3/c1-17(29)25(18(2)32)22-13-24-26(30-14-22)23(20-3-5-21(6-4-20)27(33)34)16-31(24)15-19-7-9-28(10-8-19)11-12-28/h3-5,13-14,16,19,21,29,32H,6-12,15H2,1-2H3,(H,33,34)/b25-18+,29-17?. The van der Waals surface area contributed by atoms with Crippen LogP contribution in [0.4, 0.5) is 0 Å². The molecule has 2 heterocycles. The van der Waals surface area contributed by atoms with Gasteiger partial charge in [-0.1, -0.05) is 18.2 Å². The highest BCUT2D eigenvalue weighted by molar-refractivity contribution is 6.22. The zero-order chi connectivity index (χ0) is 24.0. The van der Waals surface area contributed by atoms with Crippen LogP contribution in [-0.2, 0) is 11.3 Å². The average molecular weight is 460 g/mol. The SMILES string of the molecule is CC(=N)/C(=C(/C)O)c1cnc2c(C3=CCC(C(=O)O)C=C3)cn(CC3CCC4(CC3)CC4)c2c1. The molecule has 1 unspecified atom stereocenters. The van der Waals surface area contributed by atoms with E-state index in [-0.39, 0.29) is 5.76 Å². The molecule has 3 aliphatic rings. The lowest BCUT2D eigenvalue weighted by Gasteiger charge is -2.28. The van der Waals surface area contributed by atoms with Crippen molar-refractivity contribution in [1.29, 1.82) is 5.41 Å². The molecule has 0 saturated heterocycles. The van der Waals surface area contributed by atoms with Gasteiger partial charge in [-0.25, -0.2) is 0 Å². The van der Waals surface area contributed by atoms with Gasteiger partial charge in [0, 0.05) is 41.4 Å². The number of nitrogens with zero attached hydrogens (tertiary/aromatic N) is 2. The minimum absolute atomic E-state index is 0.117. The molecular weight excluding hydrogens is 426 g/mol. The molecule has 3 aliphatic carbocycles. The Morgan fingerprint density at radius 1 is 1.21 bits per heavy atom. The van der Waals surface area contributed by atoms with E-state index in [0.717, 1.165) is 34.3 Å². The predicted octanol–water partition coefficient (Wildman–Crippen LogP) is 6.38. The first kappa shape index (κ1) is 22.6. The highest BCUT2D eigenvalue weighted by atomic mass is 16.4. The normalized spacial score (nSPS) is 22.5. The number of fused-ring (bicyclic) bond motifs is 1. The van der Waals surface area contributed by atoms with Crippen molar-refractivity contribution in [3.63, 3.8) is 0 Å². The van der Waals surface area contributed by atoms with Crippen LogP contribution in [0.3, 0.4) is 0 Å². The second kappa shape index (κ2) is 8.57. The smallest absolute Gasteiger partial charge is 0.310 e. The van der Waals surface area contributed by atoms with E-state index in [9.17, 15) is 15.0 Å². The summed E-state index contributed by atoms with van der Waals surface area (Å²) in [5.41, 5.74) is 6.10. The summed E-state index contributed by atoms with van der Waals surface area (Å²) in [5.74, 6) is -0.538. The van der Waals surface area contributed by atoms with E-state index in [1.54, 1.807) is 26.1 Å². The number of aliphatic hydroxyl groups is 1. The van der Waals surface area contributed by atoms with Crippen LogP contribution in [0.15, 0.2) is 42.4 Å². The summed E-state index contributed by atoms with van der Waals surface area (Å²) in [6.07, 6.45) is 18.0. The molecule has 6 heteroatoms. The first-order valence-corrected chi connectivity index (χ1v) is 12.3. The van der Waals surface area contributed by atoms with E-state index in [4.69, 9.17) is 10.4 Å². The summed E-state index contributed by atoms with van der Waals surface area (Å²) in [5, 5.41) is 27.7. The molecule has 0 bridgehead atoms. The number of aromatic nitrogens is 2. The topological polar surface area (TPSA) is 99.2 Å². The maximum Gasteiger partial charge on any atom is 0.310 e. The molecule has 178 valence electrons. The van der Waals surface area contributed by atoms with E-state index in [0.29, 0.717) is 29.0 Å². The number of pyridine rings is 1. The van der Waals surface area contributed by atoms with E-state index in [1.807, 2.05) is 18.2 Å². The maximum atomic E-state index is 11.4.